The minimum atomic E-state index is -0.0782. The van der Waals surface area contributed by atoms with Gasteiger partial charge in [0.1, 0.15) is 0 Å². The second-order valence-corrected chi connectivity index (χ2v) is 5.93. The summed E-state index contributed by atoms with van der Waals surface area (Å²) >= 11 is 11.9. The molecule has 1 fully saturated rings. The molecule has 1 amide bonds. The van der Waals surface area contributed by atoms with Crippen molar-refractivity contribution in [1.29, 1.82) is 0 Å². The van der Waals surface area contributed by atoms with E-state index in [4.69, 9.17) is 23.2 Å². The largest absolute Gasteiger partial charge is 0.350 e. The number of nitrogens with one attached hydrogen (secondary N) is 1. The highest BCUT2D eigenvalue weighted by molar-refractivity contribution is 6.35. The molecule has 1 aromatic rings. The molecule has 1 aromatic carbocycles. The van der Waals surface area contributed by atoms with E-state index in [1.165, 1.54) is 6.08 Å². The highest BCUT2D eigenvalue weighted by Gasteiger charge is 2.17. The zero-order chi connectivity index (χ0) is 14.5. The third-order valence-electron chi connectivity index (χ3n) is 3.44. The van der Waals surface area contributed by atoms with Gasteiger partial charge in [0.25, 0.3) is 0 Å². The van der Waals surface area contributed by atoms with Crippen molar-refractivity contribution in [2.24, 2.45) is 0 Å². The summed E-state index contributed by atoms with van der Waals surface area (Å²) in [7, 11) is 2.10. The molecule has 3 nitrogen and oxygen atoms in total. The van der Waals surface area contributed by atoms with E-state index >= 15 is 0 Å². The fourth-order valence-electron chi connectivity index (χ4n) is 2.20. The molecule has 108 valence electrons. The molecule has 1 saturated heterocycles. The molecular formula is C15H18Cl2N2O. The molecule has 1 aliphatic rings. The molecule has 0 atom stereocenters. The quantitative estimate of drug-likeness (QED) is 0.869. The maximum atomic E-state index is 11.9. The predicted molar refractivity (Wildman–Crippen MR) is 84.2 cm³/mol. The van der Waals surface area contributed by atoms with Crippen LogP contribution < -0.4 is 5.32 Å². The lowest BCUT2D eigenvalue weighted by Crippen LogP contribution is -2.42. The van der Waals surface area contributed by atoms with Gasteiger partial charge < -0.3 is 10.2 Å². The molecule has 0 bridgehead atoms. The monoisotopic (exact) mass is 312 g/mol. The fraction of sp³-hybridized carbons (Fsp3) is 0.400. The number of halogens is 2. The second kappa shape index (κ2) is 7.11. The van der Waals surface area contributed by atoms with E-state index in [-0.39, 0.29) is 11.9 Å². The van der Waals surface area contributed by atoms with Crippen LogP contribution in [-0.4, -0.2) is 37.0 Å². The van der Waals surface area contributed by atoms with Crippen LogP contribution in [-0.2, 0) is 4.79 Å². The average Bonchev–Trinajstić information content (AvgIpc) is 2.40. The van der Waals surface area contributed by atoms with Crippen LogP contribution in [0.15, 0.2) is 24.3 Å². The van der Waals surface area contributed by atoms with Gasteiger partial charge in [-0.05, 0) is 56.8 Å². The fourth-order valence-corrected chi connectivity index (χ4v) is 2.68. The standard InChI is InChI=1S/C15H18Cl2N2O/c1-19-8-6-13(7-9-19)18-15(20)5-3-11-2-4-12(16)10-14(11)17/h2-5,10,13H,6-9H2,1H3,(H,18,20). The summed E-state index contributed by atoms with van der Waals surface area (Å²) in [6, 6.07) is 5.48. The zero-order valence-corrected chi connectivity index (χ0v) is 12.9. The van der Waals surface area contributed by atoms with Gasteiger partial charge in [0, 0.05) is 22.2 Å². The van der Waals surface area contributed by atoms with Gasteiger partial charge in [-0.1, -0.05) is 29.3 Å². The first-order valence-corrected chi connectivity index (χ1v) is 7.42. The Morgan fingerprint density at radius 2 is 2.05 bits per heavy atom. The van der Waals surface area contributed by atoms with Crippen molar-refractivity contribution < 1.29 is 4.79 Å². The molecule has 1 N–H and O–H groups in total. The van der Waals surface area contributed by atoms with Crippen LogP contribution in [0.3, 0.4) is 0 Å². The molecule has 0 aliphatic carbocycles. The van der Waals surface area contributed by atoms with Crippen molar-refractivity contribution >= 4 is 35.2 Å². The van der Waals surface area contributed by atoms with Crippen molar-refractivity contribution in [3.05, 3.63) is 39.9 Å². The molecule has 20 heavy (non-hydrogen) atoms. The number of nitrogens with zero attached hydrogens (tertiary/aromatic N) is 1. The third kappa shape index (κ3) is 4.51. The molecule has 0 radical (unpaired) electrons. The molecule has 0 aromatic heterocycles. The molecule has 5 heteroatoms. The normalized spacial score (nSPS) is 17.6. The summed E-state index contributed by atoms with van der Waals surface area (Å²) in [4.78, 5) is 14.1. The van der Waals surface area contributed by atoms with E-state index in [9.17, 15) is 4.79 Å². The first kappa shape index (κ1) is 15.4. The Labute approximate surface area is 129 Å². The Morgan fingerprint density at radius 3 is 2.70 bits per heavy atom. The van der Waals surface area contributed by atoms with E-state index in [0.717, 1.165) is 31.5 Å². The lowest BCUT2D eigenvalue weighted by Gasteiger charge is -2.29. The van der Waals surface area contributed by atoms with Crippen LogP contribution in [0.1, 0.15) is 18.4 Å². The zero-order valence-electron chi connectivity index (χ0n) is 11.4. The average molecular weight is 313 g/mol. The van der Waals surface area contributed by atoms with Crippen molar-refractivity contribution in [2.45, 2.75) is 18.9 Å². The summed E-state index contributed by atoms with van der Waals surface area (Å²) < 4.78 is 0. The summed E-state index contributed by atoms with van der Waals surface area (Å²) in [5.74, 6) is -0.0782. The summed E-state index contributed by atoms with van der Waals surface area (Å²) in [5.41, 5.74) is 0.787. The molecule has 0 unspecified atom stereocenters. The van der Waals surface area contributed by atoms with Gasteiger partial charge in [-0.2, -0.15) is 0 Å². The first-order valence-electron chi connectivity index (χ1n) is 6.67. The van der Waals surface area contributed by atoms with Crippen LogP contribution in [0, 0.1) is 0 Å². The van der Waals surface area contributed by atoms with Gasteiger partial charge in [0.2, 0.25) is 5.91 Å². The van der Waals surface area contributed by atoms with Crippen LogP contribution in [0.5, 0.6) is 0 Å². The van der Waals surface area contributed by atoms with Gasteiger partial charge in [-0.3, -0.25) is 4.79 Å². The number of hydrogen-bond acceptors (Lipinski definition) is 2. The highest BCUT2D eigenvalue weighted by atomic mass is 35.5. The van der Waals surface area contributed by atoms with Gasteiger partial charge in [0.15, 0.2) is 0 Å². The van der Waals surface area contributed by atoms with E-state index in [1.807, 2.05) is 0 Å². The molecule has 0 spiro atoms. The summed E-state index contributed by atoms with van der Waals surface area (Å²) in [6.07, 6.45) is 5.23. The first-order chi connectivity index (χ1) is 9.54. The number of amides is 1. The summed E-state index contributed by atoms with van der Waals surface area (Å²) in [6.45, 7) is 2.05. The minimum Gasteiger partial charge on any atom is -0.350 e. The highest BCUT2D eigenvalue weighted by Crippen LogP contribution is 2.21. The van der Waals surface area contributed by atoms with E-state index in [1.54, 1.807) is 24.3 Å². The van der Waals surface area contributed by atoms with Crippen LogP contribution in [0.4, 0.5) is 0 Å². The van der Waals surface area contributed by atoms with Crippen molar-refractivity contribution in [3.63, 3.8) is 0 Å². The van der Waals surface area contributed by atoms with Gasteiger partial charge in [-0.15, -0.1) is 0 Å². The Balaban J connectivity index is 1.89. The SMILES string of the molecule is CN1CCC(NC(=O)C=Cc2ccc(Cl)cc2Cl)CC1. The molecule has 1 heterocycles. The van der Waals surface area contributed by atoms with Crippen molar-refractivity contribution in [2.75, 3.05) is 20.1 Å². The number of carbonyl (C=O) groups excluding carboxylic acids is 1. The number of rotatable bonds is 3. The molecule has 2 rings (SSSR count). The number of carbonyl (C=O) groups is 1. The van der Waals surface area contributed by atoms with Gasteiger partial charge in [-0.25, -0.2) is 0 Å². The lowest BCUT2D eigenvalue weighted by atomic mass is 10.1. The summed E-state index contributed by atoms with van der Waals surface area (Å²) in [5, 5.41) is 4.15. The number of likely N-dealkylation sites (tertiary alicyclic amines) is 1. The number of hydrogen-bond donors (Lipinski definition) is 1. The maximum absolute atomic E-state index is 11.9. The van der Waals surface area contributed by atoms with Crippen LogP contribution >= 0.6 is 23.2 Å². The third-order valence-corrected chi connectivity index (χ3v) is 4.00. The van der Waals surface area contributed by atoms with Gasteiger partial charge in [0.05, 0.1) is 0 Å². The Morgan fingerprint density at radius 1 is 1.35 bits per heavy atom. The lowest BCUT2D eigenvalue weighted by molar-refractivity contribution is -0.117. The molecular weight excluding hydrogens is 295 g/mol. The number of benzene rings is 1. The Bertz CT molecular complexity index is 509. The Hall–Kier alpha value is -1.03. The smallest absolute Gasteiger partial charge is 0.244 e. The molecule has 0 saturated carbocycles. The Kier molecular flexibility index (Phi) is 5.46. The minimum absolute atomic E-state index is 0.0782. The van der Waals surface area contributed by atoms with E-state index < -0.39 is 0 Å². The van der Waals surface area contributed by atoms with Crippen molar-refractivity contribution in [3.8, 4) is 0 Å². The van der Waals surface area contributed by atoms with E-state index in [2.05, 4.69) is 17.3 Å². The molecule has 1 aliphatic heterocycles. The van der Waals surface area contributed by atoms with Gasteiger partial charge >= 0.3 is 0 Å². The van der Waals surface area contributed by atoms with Crippen molar-refractivity contribution in [1.82, 2.24) is 10.2 Å². The maximum Gasteiger partial charge on any atom is 0.244 e. The van der Waals surface area contributed by atoms with Crippen LogP contribution in [0.2, 0.25) is 10.0 Å². The predicted octanol–water partition coefficient (Wildman–Crippen LogP) is 3.22. The second-order valence-electron chi connectivity index (χ2n) is 5.09. The topological polar surface area (TPSA) is 32.3 Å². The van der Waals surface area contributed by atoms with E-state index in [0.29, 0.717) is 10.0 Å². The van der Waals surface area contributed by atoms with Crippen LogP contribution in [0.25, 0.3) is 6.08 Å². The number of piperidine rings is 1.